The molecule has 1 aliphatic rings. The molecule has 1 aromatic heterocycles. The summed E-state index contributed by atoms with van der Waals surface area (Å²) >= 11 is 0. The lowest BCUT2D eigenvalue weighted by molar-refractivity contribution is 0.660. The minimum Gasteiger partial charge on any atom is -0.355 e. The summed E-state index contributed by atoms with van der Waals surface area (Å²) in [5, 5.41) is 15.2. The van der Waals surface area contributed by atoms with Gasteiger partial charge in [0.2, 0.25) is 0 Å². The molecule has 254 valence electrons. The Bertz CT molecular complexity index is 2630. The summed E-state index contributed by atoms with van der Waals surface area (Å²) < 4.78 is 0. The molecule has 7 aromatic carbocycles. The molecule has 0 aliphatic heterocycles. The van der Waals surface area contributed by atoms with Crippen molar-refractivity contribution in [2.75, 3.05) is 10.2 Å². The Morgan fingerprint density at radius 1 is 0.566 bits per heavy atom. The molecule has 0 radical (unpaired) electrons. The van der Waals surface area contributed by atoms with Crippen molar-refractivity contribution < 1.29 is 0 Å². The van der Waals surface area contributed by atoms with E-state index < -0.39 is 0 Å². The molecule has 53 heavy (non-hydrogen) atoms. The summed E-state index contributed by atoms with van der Waals surface area (Å²) in [5.74, 6) is 0. The number of fused-ring (bicyclic) bond motifs is 4. The van der Waals surface area contributed by atoms with Crippen molar-refractivity contribution in [2.24, 2.45) is 0 Å². The minimum atomic E-state index is -0.0418. The number of benzene rings is 7. The summed E-state index contributed by atoms with van der Waals surface area (Å²) in [6, 6.07) is 59.7. The average Bonchev–Trinajstić information content (AvgIpc) is 3.44. The Balaban J connectivity index is 1.07. The number of nitrogens with zero attached hydrogens (tertiary/aromatic N) is 2. The van der Waals surface area contributed by atoms with E-state index >= 15 is 0 Å². The molecule has 4 heteroatoms. The number of aromatic nitrogens is 1. The monoisotopic (exact) mass is 682 g/mol. The third-order valence-corrected chi connectivity index (χ3v) is 10.6. The summed E-state index contributed by atoms with van der Waals surface area (Å²) in [5.41, 5.74) is 14.8. The van der Waals surface area contributed by atoms with Gasteiger partial charge in [-0.15, -0.1) is 0 Å². The van der Waals surface area contributed by atoms with Crippen LogP contribution in [0.5, 0.6) is 0 Å². The molecular weight excluding hydrogens is 645 g/mol. The van der Waals surface area contributed by atoms with Crippen molar-refractivity contribution in [3.63, 3.8) is 0 Å². The Kier molecular flexibility index (Phi) is 7.93. The van der Waals surface area contributed by atoms with Crippen LogP contribution in [0, 0.1) is 5.41 Å². The molecule has 0 unspecified atom stereocenters. The van der Waals surface area contributed by atoms with Crippen LogP contribution in [0.15, 0.2) is 182 Å². The maximum Gasteiger partial charge on any atom is 0.0711 e. The quantitative estimate of drug-likeness (QED) is 0.157. The van der Waals surface area contributed by atoms with Crippen LogP contribution in [0.4, 0.5) is 28.4 Å². The van der Waals surface area contributed by atoms with Crippen LogP contribution in [0.25, 0.3) is 33.0 Å². The largest absolute Gasteiger partial charge is 0.355 e. The zero-order valence-corrected chi connectivity index (χ0v) is 29.7. The van der Waals surface area contributed by atoms with Crippen molar-refractivity contribution in [3.8, 4) is 22.3 Å². The number of pyridine rings is 1. The molecule has 4 nitrogen and oxygen atoms in total. The molecule has 8 aromatic rings. The number of anilines is 5. The van der Waals surface area contributed by atoms with Gasteiger partial charge in [-0.25, -0.2) is 0 Å². The standard InChI is InChI=1S/C49H38N4/c1-49(2)44-18-9-8-17-42(44)43-32-40(24-25-45(43)49)53(38-14-4-3-5-15-38)39-22-19-33(20-23-39)35-12-10-13-36(31-35)48(50)47-41-16-7-6-11-34(41)21-26-46(47)52-37-27-29-51-30-28-37/h3-32,50H,1-2H3,(H,51,52). The first-order valence-corrected chi connectivity index (χ1v) is 18.0. The Morgan fingerprint density at radius 2 is 1.26 bits per heavy atom. The van der Waals surface area contributed by atoms with Gasteiger partial charge in [0, 0.05) is 57.4 Å². The SMILES string of the molecule is CC1(C)c2ccccc2-c2cc(N(c3ccccc3)c3ccc(-c4cccc(C(=N)c5c(Nc6ccncc6)ccc6ccccc56)c4)cc3)ccc21. The highest BCUT2D eigenvalue weighted by atomic mass is 15.1. The van der Waals surface area contributed by atoms with E-state index in [1.165, 1.54) is 22.3 Å². The van der Waals surface area contributed by atoms with E-state index in [2.05, 4.69) is 163 Å². The van der Waals surface area contributed by atoms with Crippen LogP contribution in [0.3, 0.4) is 0 Å². The molecule has 0 atom stereocenters. The predicted octanol–water partition coefficient (Wildman–Crippen LogP) is 12.8. The molecular formula is C49H38N4. The zero-order chi connectivity index (χ0) is 35.9. The van der Waals surface area contributed by atoms with E-state index in [9.17, 15) is 5.41 Å². The van der Waals surface area contributed by atoms with Gasteiger partial charge in [-0.3, -0.25) is 10.4 Å². The third kappa shape index (κ3) is 5.75. The van der Waals surface area contributed by atoms with Crippen molar-refractivity contribution in [1.29, 1.82) is 5.41 Å². The van der Waals surface area contributed by atoms with Gasteiger partial charge in [-0.1, -0.05) is 123 Å². The van der Waals surface area contributed by atoms with Gasteiger partial charge in [-0.05, 0) is 105 Å². The summed E-state index contributed by atoms with van der Waals surface area (Å²) in [7, 11) is 0. The zero-order valence-electron chi connectivity index (χ0n) is 29.7. The first kappa shape index (κ1) is 32.1. The Labute approximate surface area is 310 Å². The van der Waals surface area contributed by atoms with Gasteiger partial charge in [-0.2, -0.15) is 0 Å². The van der Waals surface area contributed by atoms with Crippen LogP contribution < -0.4 is 10.2 Å². The fourth-order valence-corrected chi connectivity index (χ4v) is 7.91. The highest BCUT2D eigenvalue weighted by Crippen LogP contribution is 2.50. The number of rotatable bonds is 8. The molecule has 0 bridgehead atoms. The Morgan fingerprint density at radius 3 is 2.09 bits per heavy atom. The smallest absolute Gasteiger partial charge is 0.0711 e. The van der Waals surface area contributed by atoms with Crippen molar-refractivity contribution in [1.82, 2.24) is 4.98 Å². The van der Waals surface area contributed by atoms with E-state index in [-0.39, 0.29) is 5.41 Å². The van der Waals surface area contributed by atoms with Crippen LogP contribution in [0.2, 0.25) is 0 Å². The normalized spacial score (nSPS) is 12.6. The van der Waals surface area contributed by atoms with Crippen LogP contribution >= 0.6 is 0 Å². The van der Waals surface area contributed by atoms with Crippen LogP contribution in [-0.4, -0.2) is 10.7 Å². The maximum atomic E-state index is 9.56. The molecule has 0 fully saturated rings. The van der Waals surface area contributed by atoms with Crippen molar-refractivity contribution >= 4 is 44.9 Å². The molecule has 0 spiro atoms. The van der Waals surface area contributed by atoms with E-state index in [0.29, 0.717) is 5.71 Å². The van der Waals surface area contributed by atoms with E-state index in [1.807, 2.05) is 36.4 Å². The highest BCUT2D eigenvalue weighted by Gasteiger charge is 2.35. The lowest BCUT2D eigenvalue weighted by Crippen LogP contribution is -2.15. The third-order valence-electron chi connectivity index (χ3n) is 10.6. The molecule has 1 aliphatic carbocycles. The van der Waals surface area contributed by atoms with Crippen LogP contribution in [-0.2, 0) is 5.41 Å². The Hall–Kier alpha value is -6.78. The lowest BCUT2D eigenvalue weighted by atomic mass is 9.82. The number of nitrogens with one attached hydrogen (secondary N) is 2. The summed E-state index contributed by atoms with van der Waals surface area (Å²) in [6.07, 6.45) is 3.54. The van der Waals surface area contributed by atoms with Crippen molar-refractivity contribution in [3.05, 3.63) is 205 Å². The molecule has 0 saturated heterocycles. The molecule has 1 heterocycles. The summed E-state index contributed by atoms with van der Waals surface area (Å²) in [4.78, 5) is 6.50. The van der Waals surface area contributed by atoms with Gasteiger partial charge in [0.1, 0.15) is 0 Å². The maximum absolute atomic E-state index is 9.56. The second-order valence-corrected chi connectivity index (χ2v) is 14.1. The fourth-order valence-electron chi connectivity index (χ4n) is 7.91. The van der Waals surface area contributed by atoms with Crippen LogP contribution in [0.1, 0.15) is 36.1 Å². The topological polar surface area (TPSA) is 52.0 Å². The first-order valence-electron chi connectivity index (χ1n) is 18.0. The van der Waals surface area contributed by atoms with Crippen molar-refractivity contribution in [2.45, 2.75) is 19.3 Å². The number of para-hydroxylation sites is 1. The van der Waals surface area contributed by atoms with Gasteiger partial charge < -0.3 is 10.2 Å². The molecule has 0 saturated carbocycles. The van der Waals surface area contributed by atoms with Gasteiger partial charge in [0.25, 0.3) is 0 Å². The second kappa shape index (κ2) is 13.1. The summed E-state index contributed by atoms with van der Waals surface area (Å²) in [6.45, 7) is 4.64. The average molecular weight is 683 g/mol. The predicted molar refractivity (Wildman–Crippen MR) is 222 cm³/mol. The van der Waals surface area contributed by atoms with Gasteiger partial charge >= 0.3 is 0 Å². The fraction of sp³-hybridized carbons (Fsp3) is 0.0612. The number of hydrogen-bond donors (Lipinski definition) is 2. The van der Waals surface area contributed by atoms with E-state index in [1.54, 1.807) is 12.4 Å². The first-order chi connectivity index (χ1) is 26.0. The lowest BCUT2D eigenvalue weighted by Gasteiger charge is -2.27. The van der Waals surface area contributed by atoms with E-state index in [0.717, 1.165) is 61.5 Å². The molecule has 9 rings (SSSR count). The highest BCUT2D eigenvalue weighted by molar-refractivity contribution is 6.21. The van der Waals surface area contributed by atoms with Gasteiger partial charge in [0.15, 0.2) is 0 Å². The molecule has 2 N–H and O–H groups in total. The van der Waals surface area contributed by atoms with Gasteiger partial charge in [0.05, 0.1) is 5.71 Å². The molecule has 0 amide bonds. The number of hydrogen-bond acceptors (Lipinski definition) is 4. The minimum absolute atomic E-state index is 0.0418. The second-order valence-electron chi connectivity index (χ2n) is 14.1. The van der Waals surface area contributed by atoms with E-state index in [4.69, 9.17) is 0 Å².